The van der Waals surface area contributed by atoms with E-state index in [0.717, 1.165) is 19.0 Å². The van der Waals surface area contributed by atoms with Crippen molar-refractivity contribution in [3.63, 3.8) is 0 Å². The molecule has 1 heterocycles. The third-order valence-corrected chi connectivity index (χ3v) is 4.31. The minimum Gasteiger partial charge on any atom is -0.353 e. The van der Waals surface area contributed by atoms with E-state index in [2.05, 4.69) is 17.6 Å². The van der Waals surface area contributed by atoms with Gasteiger partial charge in [-0.05, 0) is 31.6 Å². The quantitative estimate of drug-likeness (QED) is 0.770. The van der Waals surface area contributed by atoms with Gasteiger partial charge in [0.15, 0.2) is 0 Å². The zero-order chi connectivity index (χ0) is 12.1. The average molecular weight is 238 g/mol. The molecule has 2 N–H and O–H groups in total. The fourth-order valence-corrected chi connectivity index (χ4v) is 2.88. The molecule has 0 aromatic carbocycles. The number of amides is 1. The van der Waals surface area contributed by atoms with Crippen LogP contribution in [-0.2, 0) is 4.79 Å². The lowest BCUT2D eigenvalue weighted by molar-refractivity contribution is -0.127. The van der Waals surface area contributed by atoms with Crippen LogP contribution in [0.2, 0.25) is 0 Å². The maximum atomic E-state index is 11.8. The highest BCUT2D eigenvalue weighted by Crippen LogP contribution is 2.28. The largest absolute Gasteiger partial charge is 0.353 e. The first kappa shape index (κ1) is 12.9. The summed E-state index contributed by atoms with van der Waals surface area (Å²) in [5.41, 5.74) is 0. The van der Waals surface area contributed by atoms with Gasteiger partial charge in [0.2, 0.25) is 5.91 Å². The molecule has 0 aromatic heterocycles. The van der Waals surface area contributed by atoms with Crippen molar-refractivity contribution in [3.8, 4) is 0 Å². The van der Waals surface area contributed by atoms with E-state index < -0.39 is 0 Å². The van der Waals surface area contributed by atoms with Crippen LogP contribution < -0.4 is 10.6 Å². The zero-order valence-corrected chi connectivity index (χ0v) is 11.0. The van der Waals surface area contributed by atoms with Crippen LogP contribution in [0.5, 0.6) is 0 Å². The molecular weight excluding hydrogens is 212 g/mol. The molecule has 2 fully saturated rings. The molecule has 1 saturated carbocycles. The lowest BCUT2D eigenvalue weighted by atomic mass is 9.83. The Balaban J connectivity index is 1.63. The Hall–Kier alpha value is -0.570. The Morgan fingerprint density at radius 1 is 1.24 bits per heavy atom. The number of unbranched alkanes of at least 4 members (excludes halogenated alkanes) is 1. The molecule has 0 radical (unpaired) electrons. The van der Waals surface area contributed by atoms with Gasteiger partial charge in [-0.3, -0.25) is 4.79 Å². The van der Waals surface area contributed by atoms with Crippen molar-refractivity contribution >= 4 is 5.91 Å². The third-order valence-electron chi connectivity index (χ3n) is 4.31. The molecule has 0 unspecified atom stereocenters. The van der Waals surface area contributed by atoms with Crippen LogP contribution in [0, 0.1) is 11.8 Å². The van der Waals surface area contributed by atoms with E-state index in [1.54, 1.807) is 0 Å². The fraction of sp³-hybridized carbons (Fsp3) is 0.929. The molecule has 2 rings (SSSR count). The van der Waals surface area contributed by atoms with Gasteiger partial charge in [0.1, 0.15) is 0 Å². The van der Waals surface area contributed by atoms with Gasteiger partial charge in [0.25, 0.3) is 0 Å². The highest BCUT2D eigenvalue weighted by Gasteiger charge is 2.28. The minimum atomic E-state index is 0.243. The van der Waals surface area contributed by atoms with E-state index in [1.807, 2.05) is 0 Å². The van der Waals surface area contributed by atoms with Crippen LogP contribution in [0.3, 0.4) is 0 Å². The van der Waals surface area contributed by atoms with Crippen LogP contribution in [0.15, 0.2) is 0 Å². The highest BCUT2D eigenvalue weighted by molar-refractivity contribution is 5.80. The highest BCUT2D eigenvalue weighted by atomic mass is 16.2. The summed E-state index contributed by atoms with van der Waals surface area (Å²) in [7, 11) is 0. The van der Waals surface area contributed by atoms with E-state index in [-0.39, 0.29) is 11.8 Å². The van der Waals surface area contributed by atoms with Gasteiger partial charge in [0, 0.05) is 19.1 Å². The van der Waals surface area contributed by atoms with Gasteiger partial charge < -0.3 is 10.6 Å². The Kier molecular flexibility index (Phi) is 4.84. The number of carbonyl (C=O) groups excluding carboxylic acids is 1. The summed E-state index contributed by atoms with van der Waals surface area (Å²) in [4.78, 5) is 11.8. The molecule has 3 nitrogen and oxygen atoms in total. The topological polar surface area (TPSA) is 41.1 Å². The summed E-state index contributed by atoms with van der Waals surface area (Å²) in [6, 6.07) is 0.459. The number of rotatable bonds is 5. The molecular formula is C14H26N2O. The Morgan fingerprint density at radius 2 is 1.94 bits per heavy atom. The molecule has 2 aliphatic rings. The number of carbonyl (C=O) groups is 1. The summed E-state index contributed by atoms with van der Waals surface area (Å²) < 4.78 is 0. The fourth-order valence-electron chi connectivity index (χ4n) is 2.88. The average Bonchev–Trinajstić information content (AvgIpc) is 2.26. The molecule has 1 saturated heterocycles. The predicted octanol–water partition coefficient (Wildman–Crippen LogP) is 2.07. The molecule has 0 spiro atoms. The number of nitrogens with one attached hydrogen (secondary N) is 2. The van der Waals surface area contributed by atoms with Crippen LogP contribution in [0.25, 0.3) is 0 Å². The summed E-state index contributed by atoms with van der Waals surface area (Å²) in [6.45, 7) is 4.01. The monoisotopic (exact) mass is 238 g/mol. The lowest BCUT2D eigenvalue weighted by Gasteiger charge is -2.32. The number of hydrogen-bond acceptors (Lipinski definition) is 2. The maximum absolute atomic E-state index is 11.8. The van der Waals surface area contributed by atoms with Crippen molar-refractivity contribution in [1.29, 1.82) is 0 Å². The smallest absolute Gasteiger partial charge is 0.225 e. The van der Waals surface area contributed by atoms with E-state index in [9.17, 15) is 4.79 Å². The second-order valence-electron chi connectivity index (χ2n) is 5.72. The maximum Gasteiger partial charge on any atom is 0.225 e. The molecule has 98 valence electrons. The zero-order valence-electron chi connectivity index (χ0n) is 11.0. The molecule has 3 heteroatoms. The van der Waals surface area contributed by atoms with Gasteiger partial charge in [-0.1, -0.05) is 26.2 Å². The summed E-state index contributed by atoms with van der Waals surface area (Å²) >= 11 is 0. The van der Waals surface area contributed by atoms with Crippen LogP contribution >= 0.6 is 0 Å². The SMILES string of the molecule is CCCCC1CCC(NC(=O)C2CNC2)CC1. The first-order valence-corrected chi connectivity index (χ1v) is 7.30. The second-order valence-corrected chi connectivity index (χ2v) is 5.72. The van der Waals surface area contributed by atoms with E-state index in [0.29, 0.717) is 6.04 Å². The van der Waals surface area contributed by atoms with Gasteiger partial charge >= 0.3 is 0 Å². The molecule has 17 heavy (non-hydrogen) atoms. The van der Waals surface area contributed by atoms with Crippen molar-refractivity contribution in [2.75, 3.05) is 13.1 Å². The van der Waals surface area contributed by atoms with Gasteiger partial charge in [-0.15, -0.1) is 0 Å². The van der Waals surface area contributed by atoms with Crippen LogP contribution in [-0.4, -0.2) is 25.0 Å². The van der Waals surface area contributed by atoms with Crippen molar-refractivity contribution in [2.45, 2.75) is 57.9 Å². The molecule has 0 aromatic rings. The van der Waals surface area contributed by atoms with Crippen molar-refractivity contribution < 1.29 is 4.79 Å². The second kappa shape index (κ2) is 6.39. The van der Waals surface area contributed by atoms with Gasteiger partial charge in [-0.25, -0.2) is 0 Å². The van der Waals surface area contributed by atoms with Crippen molar-refractivity contribution in [1.82, 2.24) is 10.6 Å². The van der Waals surface area contributed by atoms with E-state index in [1.165, 1.54) is 44.9 Å². The minimum absolute atomic E-state index is 0.243. The summed E-state index contributed by atoms with van der Waals surface area (Å²) in [5, 5.41) is 6.37. The number of hydrogen-bond donors (Lipinski definition) is 2. The lowest BCUT2D eigenvalue weighted by Crippen LogP contribution is -2.53. The molecule has 1 aliphatic heterocycles. The van der Waals surface area contributed by atoms with Gasteiger partial charge in [0.05, 0.1) is 5.92 Å². The predicted molar refractivity (Wildman–Crippen MR) is 69.8 cm³/mol. The Morgan fingerprint density at radius 3 is 2.47 bits per heavy atom. The first-order chi connectivity index (χ1) is 8.29. The van der Waals surface area contributed by atoms with E-state index in [4.69, 9.17) is 0 Å². The standard InChI is InChI=1S/C14H26N2O/c1-2-3-4-11-5-7-13(8-6-11)16-14(17)12-9-15-10-12/h11-13,15H,2-10H2,1H3,(H,16,17). The van der Waals surface area contributed by atoms with Crippen LogP contribution in [0.4, 0.5) is 0 Å². The molecule has 0 bridgehead atoms. The first-order valence-electron chi connectivity index (χ1n) is 7.30. The summed E-state index contributed by atoms with van der Waals surface area (Å²) in [5.74, 6) is 1.45. The normalized spacial score (nSPS) is 29.7. The van der Waals surface area contributed by atoms with Crippen LogP contribution in [0.1, 0.15) is 51.9 Å². The molecule has 0 atom stereocenters. The third kappa shape index (κ3) is 3.70. The van der Waals surface area contributed by atoms with Gasteiger partial charge in [-0.2, -0.15) is 0 Å². The Labute approximate surface area is 105 Å². The molecule has 1 aliphatic carbocycles. The van der Waals surface area contributed by atoms with Crippen molar-refractivity contribution in [2.24, 2.45) is 11.8 Å². The van der Waals surface area contributed by atoms with Crippen molar-refractivity contribution in [3.05, 3.63) is 0 Å². The Bertz CT molecular complexity index is 243. The summed E-state index contributed by atoms with van der Waals surface area (Å²) in [6.07, 6.45) is 9.09. The van der Waals surface area contributed by atoms with E-state index >= 15 is 0 Å². The molecule has 1 amide bonds.